The SMILES string of the molecule is CC(=O)OC(C)C1CCC2C(=O)C(=O)C(=O)C2C1. The molecule has 2 saturated carbocycles. The summed E-state index contributed by atoms with van der Waals surface area (Å²) >= 11 is 0. The average molecular weight is 252 g/mol. The van der Waals surface area contributed by atoms with Crippen LogP contribution in [0, 0.1) is 17.8 Å². The van der Waals surface area contributed by atoms with Crippen LogP contribution in [0.5, 0.6) is 0 Å². The Hall–Kier alpha value is -1.52. The van der Waals surface area contributed by atoms with Gasteiger partial charge in [-0.1, -0.05) is 0 Å². The Morgan fingerprint density at radius 2 is 1.78 bits per heavy atom. The summed E-state index contributed by atoms with van der Waals surface area (Å²) in [6.07, 6.45) is 1.44. The van der Waals surface area contributed by atoms with Crippen molar-refractivity contribution in [3.05, 3.63) is 0 Å². The first-order chi connectivity index (χ1) is 8.41. The first-order valence-corrected chi connectivity index (χ1v) is 6.21. The number of carbonyl (C=O) groups is 4. The molecule has 0 aromatic rings. The summed E-state index contributed by atoms with van der Waals surface area (Å²) < 4.78 is 5.11. The molecule has 0 spiro atoms. The molecule has 0 saturated heterocycles. The highest BCUT2D eigenvalue weighted by Gasteiger charge is 2.51. The lowest BCUT2D eigenvalue weighted by Crippen LogP contribution is -2.33. The van der Waals surface area contributed by atoms with Crippen LogP contribution in [-0.2, 0) is 23.9 Å². The van der Waals surface area contributed by atoms with Gasteiger partial charge in [-0.15, -0.1) is 0 Å². The summed E-state index contributed by atoms with van der Waals surface area (Å²) in [5, 5.41) is 0. The molecular weight excluding hydrogens is 236 g/mol. The van der Waals surface area contributed by atoms with Gasteiger partial charge < -0.3 is 4.74 Å². The molecule has 0 heterocycles. The number of hydrogen-bond donors (Lipinski definition) is 0. The van der Waals surface area contributed by atoms with E-state index in [-0.39, 0.29) is 18.0 Å². The Balaban J connectivity index is 2.06. The van der Waals surface area contributed by atoms with Gasteiger partial charge in [0.05, 0.1) is 0 Å². The summed E-state index contributed by atoms with van der Waals surface area (Å²) in [7, 11) is 0. The Morgan fingerprint density at radius 3 is 2.39 bits per heavy atom. The maximum absolute atomic E-state index is 11.7. The molecule has 0 radical (unpaired) electrons. The highest BCUT2D eigenvalue weighted by Crippen LogP contribution is 2.41. The van der Waals surface area contributed by atoms with Crippen molar-refractivity contribution < 1.29 is 23.9 Å². The van der Waals surface area contributed by atoms with Gasteiger partial charge in [0, 0.05) is 18.8 Å². The number of ketones is 3. The molecule has 18 heavy (non-hydrogen) atoms. The minimum Gasteiger partial charge on any atom is -0.463 e. The van der Waals surface area contributed by atoms with Crippen LogP contribution in [0.4, 0.5) is 0 Å². The number of esters is 1. The second-order valence-corrected chi connectivity index (χ2v) is 5.16. The molecule has 0 bridgehead atoms. The smallest absolute Gasteiger partial charge is 0.302 e. The van der Waals surface area contributed by atoms with E-state index in [0.717, 1.165) is 0 Å². The number of hydrogen-bond acceptors (Lipinski definition) is 5. The average Bonchev–Trinajstić information content (AvgIpc) is 2.53. The highest BCUT2D eigenvalue weighted by molar-refractivity contribution is 6.68. The third kappa shape index (κ3) is 2.09. The highest BCUT2D eigenvalue weighted by atomic mass is 16.5. The Kier molecular flexibility index (Phi) is 3.32. The summed E-state index contributed by atoms with van der Waals surface area (Å²) in [6, 6.07) is 0. The normalized spacial score (nSPS) is 33.2. The lowest BCUT2D eigenvalue weighted by Gasteiger charge is -2.32. The zero-order valence-electron chi connectivity index (χ0n) is 10.5. The lowest BCUT2D eigenvalue weighted by atomic mass is 9.73. The van der Waals surface area contributed by atoms with Gasteiger partial charge >= 0.3 is 5.97 Å². The maximum Gasteiger partial charge on any atom is 0.302 e. The fourth-order valence-electron chi connectivity index (χ4n) is 3.05. The third-order valence-electron chi connectivity index (χ3n) is 4.03. The zero-order valence-corrected chi connectivity index (χ0v) is 10.5. The van der Waals surface area contributed by atoms with Crippen molar-refractivity contribution in [1.82, 2.24) is 0 Å². The fraction of sp³-hybridized carbons (Fsp3) is 0.692. The minimum absolute atomic E-state index is 0.0535. The van der Waals surface area contributed by atoms with Crippen molar-refractivity contribution in [3.8, 4) is 0 Å². The Bertz CT molecular complexity index is 425. The molecule has 4 unspecified atom stereocenters. The molecule has 5 heteroatoms. The van der Waals surface area contributed by atoms with Gasteiger partial charge in [0.25, 0.3) is 5.78 Å². The van der Waals surface area contributed by atoms with E-state index in [0.29, 0.717) is 19.3 Å². The molecule has 0 aliphatic heterocycles. The van der Waals surface area contributed by atoms with E-state index >= 15 is 0 Å². The molecular formula is C13H16O5. The Labute approximate surface area is 105 Å². The van der Waals surface area contributed by atoms with Crippen LogP contribution < -0.4 is 0 Å². The number of rotatable bonds is 2. The first kappa shape index (κ1) is 12.9. The quantitative estimate of drug-likeness (QED) is 0.533. The van der Waals surface area contributed by atoms with Gasteiger partial charge in [-0.3, -0.25) is 19.2 Å². The summed E-state index contributed by atoms with van der Waals surface area (Å²) in [5.41, 5.74) is 0. The van der Waals surface area contributed by atoms with Gasteiger partial charge in [0.1, 0.15) is 6.10 Å². The topological polar surface area (TPSA) is 77.5 Å². The number of ether oxygens (including phenoxy) is 1. The van der Waals surface area contributed by atoms with E-state index in [2.05, 4.69) is 0 Å². The second kappa shape index (κ2) is 4.63. The molecule has 5 nitrogen and oxygen atoms in total. The van der Waals surface area contributed by atoms with E-state index in [4.69, 9.17) is 4.74 Å². The molecule has 4 atom stereocenters. The van der Waals surface area contributed by atoms with E-state index < -0.39 is 29.2 Å². The van der Waals surface area contributed by atoms with Gasteiger partial charge in [0.15, 0.2) is 0 Å². The van der Waals surface area contributed by atoms with Crippen LogP contribution in [-0.4, -0.2) is 29.4 Å². The third-order valence-corrected chi connectivity index (χ3v) is 4.03. The molecule has 2 fully saturated rings. The number of Topliss-reactive ketones (excluding diaryl/α,β-unsaturated/α-hetero) is 3. The monoisotopic (exact) mass is 252 g/mol. The van der Waals surface area contributed by atoms with E-state index in [1.807, 2.05) is 0 Å². The van der Waals surface area contributed by atoms with Crippen molar-refractivity contribution in [2.75, 3.05) is 0 Å². The molecule has 0 amide bonds. The van der Waals surface area contributed by atoms with Crippen LogP contribution in [0.25, 0.3) is 0 Å². The van der Waals surface area contributed by atoms with Crippen LogP contribution >= 0.6 is 0 Å². The van der Waals surface area contributed by atoms with Gasteiger partial charge in [-0.05, 0) is 32.1 Å². The minimum atomic E-state index is -0.842. The largest absolute Gasteiger partial charge is 0.463 e. The van der Waals surface area contributed by atoms with E-state index in [1.165, 1.54) is 6.92 Å². The zero-order chi connectivity index (χ0) is 13.4. The number of fused-ring (bicyclic) bond motifs is 1. The summed E-state index contributed by atoms with van der Waals surface area (Å²) in [4.78, 5) is 45.4. The van der Waals surface area contributed by atoms with Gasteiger partial charge in [-0.2, -0.15) is 0 Å². The van der Waals surface area contributed by atoms with Crippen molar-refractivity contribution in [3.63, 3.8) is 0 Å². The van der Waals surface area contributed by atoms with Gasteiger partial charge in [-0.25, -0.2) is 0 Å². The predicted molar refractivity (Wildman–Crippen MR) is 60.6 cm³/mol. The summed E-state index contributed by atoms with van der Waals surface area (Å²) in [5.74, 6) is -3.13. The summed E-state index contributed by atoms with van der Waals surface area (Å²) in [6.45, 7) is 3.13. The van der Waals surface area contributed by atoms with E-state index in [1.54, 1.807) is 6.92 Å². The molecule has 0 aromatic carbocycles. The molecule has 98 valence electrons. The second-order valence-electron chi connectivity index (χ2n) is 5.16. The molecule has 0 aromatic heterocycles. The first-order valence-electron chi connectivity index (χ1n) is 6.21. The van der Waals surface area contributed by atoms with Crippen LogP contribution in [0.1, 0.15) is 33.1 Å². The van der Waals surface area contributed by atoms with Crippen LogP contribution in [0.2, 0.25) is 0 Å². The van der Waals surface area contributed by atoms with Crippen molar-refractivity contribution in [2.24, 2.45) is 17.8 Å². The molecule has 2 rings (SSSR count). The van der Waals surface area contributed by atoms with Crippen LogP contribution in [0.3, 0.4) is 0 Å². The van der Waals surface area contributed by atoms with Crippen LogP contribution in [0.15, 0.2) is 0 Å². The maximum atomic E-state index is 11.7. The van der Waals surface area contributed by atoms with E-state index in [9.17, 15) is 19.2 Å². The molecule has 2 aliphatic rings. The predicted octanol–water partition coefficient (Wildman–Crippen LogP) is 0.691. The standard InChI is InChI=1S/C13H16O5/c1-6(18-7(2)14)8-3-4-9-10(5-8)12(16)13(17)11(9)15/h6,8-10H,3-5H2,1-2H3. The Morgan fingerprint density at radius 1 is 1.17 bits per heavy atom. The van der Waals surface area contributed by atoms with Gasteiger partial charge in [0.2, 0.25) is 11.6 Å². The van der Waals surface area contributed by atoms with Crippen molar-refractivity contribution >= 4 is 23.3 Å². The van der Waals surface area contributed by atoms with Crippen molar-refractivity contribution in [1.29, 1.82) is 0 Å². The number of carbonyl (C=O) groups excluding carboxylic acids is 4. The molecule has 0 N–H and O–H groups in total. The lowest BCUT2D eigenvalue weighted by molar-refractivity contribution is -0.149. The molecule has 2 aliphatic carbocycles. The van der Waals surface area contributed by atoms with Crippen molar-refractivity contribution in [2.45, 2.75) is 39.2 Å². The fourth-order valence-corrected chi connectivity index (χ4v) is 3.05.